The predicted octanol–water partition coefficient (Wildman–Crippen LogP) is 3.69. The Morgan fingerprint density at radius 1 is 1.09 bits per heavy atom. The van der Waals surface area contributed by atoms with E-state index in [-0.39, 0.29) is 11.7 Å². The van der Waals surface area contributed by atoms with Gasteiger partial charge in [0, 0.05) is 23.4 Å². The molecule has 0 fully saturated rings. The van der Waals surface area contributed by atoms with Crippen LogP contribution in [0.2, 0.25) is 0 Å². The minimum absolute atomic E-state index is 0.0463. The average molecular weight is 311 g/mol. The zero-order valence-corrected chi connectivity index (χ0v) is 13.0. The third kappa shape index (κ3) is 3.57. The number of Topliss-reactive ketones (excluding diaryl/α,β-unsaturated/α-hetero) is 1. The molecule has 0 aromatic heterocycles. The summed E-state index contributed by atoms with van der Waals surface area (Å²) in [5.41, 5.74) is 3.85. The SMILES string of the molecule is O=C1CCc2cc(C(=O)CSCc3ccccc3)ccc2N1. The fourth-order valence-electron chi connectivity index (χ4n) is 2.48. The highest BCUT2D eigenvalue weighted by atomic mass is 32.2. The maximum absolute atomic E-state index is 12.3. The molecule has 112 valence electrons. The van der Waals surface area contributed by atoms with Crippen LogP contribution < -0.4 is 5.32 Å². The maximum atomic E-state index is 12.3. The van der Waals surface area contributed by atoms with Crippen molar-refractivity contribution in [3.05, 3.63) is 65.2 Å². The molecular formula is C18H17NO2S. The number of thioether (sulfide) groups is 1. The predicted molar refractivity (Wildman–Crippen MR) is 90.3 cm³/mol. The molecule has 3 nitrogen and oxygen atoms in total. The van der Waals surface area contributed by atoms with Crippen molar-refractivity contribution in [1.29, 1.82) is 0 Å². The molecule has 4 heteroatoms. The highest BCUT2D eigenvalue weighted by Gasteiger charge is 2.16. The van der Waals surface area contributed by atoms with E-state index >= 15 is 0 Å². The first kappa shape index (κ1) is 14.9. The van der Waals surface area contributed by atoms with Crippen LogP contribution in [0.5, 0.6) is 0 Å². The van der Waals surface area contributed by atoms with Crippen molar-refractivity contribution < 1.29 is 9.59 Å². The number of aryl methyl sites for hydroxylation is 1. The van der Waals surface area contributed by atoms with Gasteiger partial charge in [-0.25, -0.2) is 0 Å². The van der Waals surface area contributed by atoms with Crippen molar-refractivity contribution in [3.63, 3.8) is 0 Å². The van der Waals surface area contributed by atoms with Gasteiger partial charge in [0.2, 0.25) is 5.91 Å². The van der Waals surface area contributed by atoms with E-state index in [2.05, 4.69) is 17.4 Å². The number of fused-ring (bicyclic) bond motifs is 1. The van der Waals surface area contributed by atoms with E-state index in [1.807, 2.05) is 30.3 Å². The lowest BCUT2D eigenvalue weighted by Gasteiger charge is -2.17. The van der Waals surface area contributed by atoms with Crippen LogP contribution in [0.25, 0.3) is 0 Å². The van der Waals surface area contributed by atoms with Crippen LogP contribution in [0.1, 0.15) is 27.9 Å². The van der Waals surface area contributed by atoms with Gasteiger partial charge >= 0.3 is 0 Å². The summed E-state index contributed by atoms with van der Waals surface area (Å²) >= 11 is 1.63. The van der Waals surface area contributed by atoms with Crippen molar-refractivity contribution in [2.45, 2.75) is 18.6 Å². The summed E-state index contributed by atoms with van der Waals surface area (Å²) < 4.78 is 0. The number of anilines is 1. The lowest BCUT2D eigenvalue weighted by atomic mass is 9.99. The van der Waals surface area contributed by atoms with Gasteiger partial charge in [0.25, 0.3) is 0 Å². The Hall–Kier alpha value is -2.07. The van der Waals surface area contributed by atoms with E-state index in [1.54, 1.807) is 17.8 Å². The first-order valence-corrected chi connectivity index (χ1v) is 8.45. The average Bonchev–Trinajstić information content (AvgIpc) is 2.55. The molecule has 0 radical (unpaired) electrons. The molecule has 0 atom stereocenters. The van der Waals surface area contributed by atoms with E-state index in [0.717, 1.165) is 22.6 Å². The third-order valence-corrected chi connectivity index (χ3v) is 4.67. The molecule has 0 bridgehead atoms. The number of hydrogen-bond donors (Lipinski definition) is 1. The molecule has 3 rings (SSSR count). The van der Waals surface area contributed by atoms with Crippen LogP contribution in [0.4, 0.5) is 5.69 Å². The molecule has 0 aliphatic carbocycles. The van der Waals surface area contributed by atoms with E-state index in [4.69, 9.17) is 0 Å². The van der Waals surface area contributed by atoms with Crippen molar-refractivity contribution in [3.8, 4) is 0 Å². The van der Waals surface area contributed by atoms with E-state index in [1.165, 1.54) is 5.56 Å². The van der Waals surface area contributed by atoms with Gasteiger partial charge in [-0.05, 0) is 35.7 Å². The quantitative estimate of drug-likeness (QED) is 0.857. The zero-order valence-electron chi connectivity index (χ0n) is 12.2. The lowest BCUT2D eigenvalue weighted by molar-refractivity contribution is -0.116. The number of carbonyl (C=O) groups excluding carboxylic acids is 2. The van der Waals surface area contributed by atoms with Crippen molar-refractivity contribution in [1.82, 2.24) is 0 Å². The van der Waals surface area contributed by atoms with Crippen molar-refractivity contribution in [2.75, 3.05) is 11.1 Å². The number of benzene rings is 2. The lowest BCUT2D eigenvalue weighted by Crippen LogP contribution is -2.19. The topological polar surface area (TPSA) is 46.2 Å². The summed E-state index contributed by atoms with van der Waals surface area (Å²) in [5.74, 6) is 1.50. The third-order valence-electron chi connectivity index (χ3n) is 3.67. The number of hydrogen-bond acceptors (Lipinski definition) is 3. The standard InChI is InChI=1S/C18H17NO2S/c20-17(12-22-11-13-4-2-1-3-5-13)15-6-8-16-14(10-15)7-9-18(21)19-16/h1-6,8,10H,7,9,11-12H2,(H,19,21). The minimum Gasteiger partial charge on any atom is -0.326 e. The van der Waals surface area contributed by atoms with Gasteiger partial charge in [0.05, 0.1) is 5.75 Å². The Bertz CT molecular complexity index is 697. The van der Waals surface area contributed by atoms with Gasteiger partial charge in [-0.3, -0.25) is 9.59 Å². The van der Waals surface area contributed by atoms with Gasteiger partial charge in [-0.2, -0.15) is 0 Å². The minimum atomic E-state index is 0.0463. The second kappa shape index (κ2) is 6.79. The summed E-state index contributed by atoms with van der Waals surface area (Å²) in [7, 11) is 0. The number of nitrogens with one attached hydrogen (secondary N) is 1. The van der Waals surface area contributed by atoms with E-state index < -0.39 is 0 Å². The molecule has 0 unspecified atom stereocenters. The first-order valence-electron chi connectivity index (χ1n) is 7.30. The highest BCUT2D eigenvalue weighted by molar-refractivity contribution is 7.99. The normalized spacial score (nSPS) is 13.4. The number of carbonyl (C=O) groups is 2. The summed E-state index contributed by atoms with van der Waals surface area (Å²) in [6.07, 6.45) is 1.20. The number of ketones is 1. The maximum Gasteiger partial charge on any atom is 0.224 e. The summed E-state index contributed by atoms with van der Waals surface area (Å²) in [6.45, 7) is 0. The first-order chi connectivity index (χ1) is 10.7. The summed E-state index contributed by atoms with van der Waals surface area (Å²) in [4.78, 5) is 23.6. The molecule has 1 amide bonds. The summed E-state index contributed by atoms with van der Waals surface area (Å²) in [6, 6.07) is 15.7. The van der Waals surface area contributed by atoms with Crippen LogP contribution in [-0.2, 0) is 17.0 Å². The van der Waals surface area contributed by atoms with Gasteiger partial charge in [0.15, 0.2) is 5.78 Å². The number of rotatable bonds is 5. The van der Waals surface area contributed by atoms with Crippen LogP contribution in [-0.4, -0.2) is 17.4 Å². The molecule has 0 saturated heterocycles. The molecule has 22 heavy (non-hydrogen) atoms. The Morgan fingerprint density at radius 3 is 2.73 bits per heavy atom. The second-order valence-electron chi connectivity index (χ2n) is 5.32. The van der Waals surface area contributed by atoms with Crippen molar-refractivity contribution >= 4 is 29.1 Å². The molecule has 0 saturated carbocycles. The van der Waals surface area contributed by atoms with Crippen LogP contribution in [0.15, 0.2) is 48.5 Å². The summed E-state index contributed by atoms with van der Waals surface area (Å²) in [5, 5.41) is 2.84. The van der Waals surface area contributed by atoms with Crippen LogP contribution in [0, 0.1) is 0 Å². The van der Waals surface area contributed by atoms with Crippen LogP contribution in [0.3, 0.4) is 0 Å². The van der Waals surface area contributed by atoms with Gasteiger partial charge in [0.1, 0.15) is 0 Å². The second-order valence-corrected chi connectivity index (χ2v) is 6.31. The van der Waals surface area contributed by atoms with Crippen LogP contribution >= 0.6 is 11.8 Å². The molecule has 1 N–H and O–H groups in total. The fourth-order valence-corrected chi connectivity index (χ4v) is 3.36. The van der Waals surface area contributed by atoms with Crippen molar-refractivity contribution in [2.24, 2.45) is 0 Å². The molecule has 2 aromatic rings. The molecule has 2 aromatic carbocycles. The van der Waals surface area contributed by atoms with Gasteiger partial charge in [-0.1, -0.05) is 30.3 Å². The fraction of sp³-hybridized carbons (Fsp3) is 0.222. The molecule has 0 spiro atoms. The van der Waals surface area contributed by atoms with Gasteiger partial charge < -0.3 is 5.32 Å². The zero-order chi connectivity index (χ0) is 15.4. The van der Waals surface area contributed by atoms with Gasteiger partial charge in [-0.15, -0.1) is 11.8 Å². The molecule has 1 aliphatic rings. The Kier molecular flexibility index (Phi) is 4.59. The Morgan fingerprint density at radius 2 is 1.91 bits per heavy atom. The Labute approximate surface area is 134 Å². The van der Waals surface area contributed by atoms with E-state index in [9.17, 15) is 9.59 Å². The smallest absolute Gasteiger partial charge is 0.224 e. The monoisotopic (exact) mass is 311 g/mol. The molecule has 1 heterocycles. The molecule has 1 aliphatic heterocycles. The largest absolute Gasteiger partial charge is 0.326 e. The highest BCUT2D eigenvalue weighted by Crippen LogP contribution is 2.24. The number of amides is 1. The molecular weight excluding hydrogens is 294 g/mol. The van der Waals surface area contributed by atoms with E-state index in [0.29, 0.717) is 18.6 Å². The Balaban J connectivity index is 1.59.